The first kappa shape index (κ1) is 14.1. The fourth-order valence-electron chi connectivity index (χ4n) is 2.23. The lowest BCUT2D eigenvalue weighted by atomic mass is 10.1. The number of hydrogen-bond acceptors (Lipinski definition) is 3. The number of alkyl halides is 3. The van der Waals surface area contributed by atoms with Crippen LogP contribution in [0.5, 0.6) is 0 Å². The number of hydrogen-bond donors (Lipinski definition) is 1. The molecule has 1 aromatic carbocycles. The van der Waals surface area contributed by atoms with E-state index >= 15 is 0 Å². The molecule has 2 rings (SSSR count). The van der Waals surface area contributed by atoms with Gasteiger partial charge in [0.25, 0.3) is 0 Å². The molecule has 0 saturated carbocycles. The van der Waals surface area contributed by atoms with Crippen molar-refractivity contribution in [3.05, 3.63) is 29.8 Å². The van der Waals surface area contributed by atoms with E-state index in [-0.39, 0.29) is 0 Å². The van der Waals surface area contributed by atoms with Crippen LogP contribution in [0.1, 0.15) is 12.5 Å². The standard InChI is InChI=1S/C13H17F3N2O/c1-10(19)17-5-7-18(8-6-17)12-4-2-3-11(9-12)13(14,15)16/h2-4,9-10,19H,5-8H2,1H3. The van der Waals surface area contributed by atoms with Crippen molar-refractivity contribution in [3.63, 3.8) is 0 Å². The van der Waals surface area contributed by atoms with E-state index in [0.717, 1.165) is 6.07 Å². The monoisotopic (exact) mass is 274 g/mol. The van der Waals surface area contributed by atoms with E-state index in [9.17, 15) is 18.3 Å². The Balaban J connectivity index is 2.08. The molecule has 3 nitrogen and oxygen atoms in total. The Morgan fingerprint density at radius 3 is 2.32 bits per heavy atom. The summed E-state index contributed by atoms with van der Waals surface area (Å²) < 4.78 is 37.9. The van der Waals surface area contributed by atoms with Gasteiger partial charge < -0.3 is 10.0 Å². The van der Waals surface area contributed by atoms with E-state index in [1.807, 2.05) is 9.80 Å². The maximum absolute atomic E-state index is 12.6. The number of benzene rings is 1. The first-order chi connectivity index (χ1) is 8.88. The summed E-state index contributed by atoms with van der Waals surface area (Å²) in [5.74, 6) is 0. The van der Waals surface area contributed by atoms with Crippen molar-refractivity contribution in [1.82, 2.24) is 4.90 Å². The highest BCUT2D eigenvalue weighted by atomic mass is 19.4. The van der Waals surface area contributed by atoms with Gasteiger partial charge in [-0.1, -0.05) is 6.07 Å². The first-order valence-corrected chi connectivity index (χ1v) is 6.22. The van der Waals surface area contributed by atoms with Gasteiger partial charge in [0.2, 0.25) is 0 Å². The molecule has 19 heavy (non-hydrogen) atoms. The van der Waals surface area contributed by atoms with Crippen LogP contribution in [0.25, 0.3) is 0 Å². The van der Waals surface area contributed by atoms with Gasteiger partial charge in [0.1, 0.15) is 6.23 Å². The molecule has 0 bridgehead atoms. The highest BCUT2D eigenvalue weighted by Crippen LogP contribution is 2.31. The van der Waals surface area contributed by atoms with Gasteiger partial charge in [0, 0.05) is 31.9 Å². The molecule has 1 aromatic rings. The Kier molecular flexibility index (Phi) is 4.01. The van der Waals surface area contributed by atoms with Crippen molar-refractivity contribution in [3.8, 4) is 0 Å². The zero-order chi connectivity index (χ0) is 14.0. The van der Waals surface area contributed by atoms with Gasteiger partial charge in [-0.05, 0) is 25.1 Å². The third-order valence-corrected chi connectivity index (χ3v) is 3.38. The molecule has 1 fully saturated rings. The van der Waals surface area contributed by atoms with E-state index in [0.29, 0.717) is 31.9 Å². The second-order valence-corrected chi connectivity index (χ2v) is 4.70. The van der Waals surface area contributed by atoms with Crippen LogP contribution < -0.4 is 4.90 Å². The predicted molar refractivity (Wildman–Crippen MR) is 66.9 cm³/mol. The summed E-state index contributed by atoms with van der Waals surface area (Å²) >= 11 is 0. The predicted octanol–water partition coefficient (Wildman–Crippen LogP) is 2.17. The first-order valence-electron chi connectivity index (χ1n) is 6.22. The fourth-order valence-corrected chi connectivity index (χ4v) is 2.23. The summed E-state index contributed by atoms with van der Waals surface area (Å²) in [6, 6.07) is 5.38. The topological polar surface area (TPSA) is 26.7 Å². The second-order valence-electron chi connectivity index (χ2n) is 4.70. The molecule has 1 heterocycles. The minimum Gasteiger partial charge on any atom is -0.379 e. The summed E-state index contributed by atoms with van der Waals surface area (Å²) in [7, 11) is 0. The van der Waals surface area contributed by atoms with Gasteiger partial charge in [-0.25, -0.2) is 0 Å². The van der Waals surface area contributed by atoms with Crippen molar-refractivity contribution in [2.45, 2.75) is 19.3 Å². The van der Waals surface area contributed by atoms with Crippen LogP contribution in [-0.2, 0) is 6.18 Å². The van der Waals surface area contributed by atoms with E-state index in [4.69, 9.17) is 0 Å². The summed E-state index contributed by atoms with van der Waals surface area (Å²) in [5.41, 5.74) is -0.0389. The summed E-state index contributed by atoms with van der Waals surface area (Å²) in [6.07, 6.45) is -4.82. The number of aliphatic hydroxyl groups is 1. The van der Waals surface area contributed by atoms with Crippen molar-refractivity contribution in [2.75, 3.05) is 31.1 Å². The second kappa shape index (κ2) is 5.38. The zero-order valence-corrected chi connectivity index (χ0v) is 10.7. The van der Waals surface area contributed by atoms with Crippen LogP contribution in [0.2, 0.25) is 0 Å². The Labute approximate surface area is 110 Å². The molecule has 6 heteroatoms. The van der Waals surface area contributed by atoms with Crippen molar-refractivity contribution < 1.29 is 18.3 Å². The Bertz CT molecular complexity index is 426. The fraction of sp³-hybridized carbons (Fsp3) is 0.538. The highest BCUT2D eigenvalue weighted by molar-refractivity contribution is 5.49. The average molecular weight is 274 g/mol. The minimum atomic E-state index is -4.31. The number of piperazine rings is 1. The SMILES string of the molecule is CC(O)N1CCN(c2cccc(C(F)(F)F)c2)CC1. The van der Waals surface area contributed by atoms with Crippen LogP contribution in [-0.4, -0.2) is 42.4 Å². The van der Waals surface area contributed by atoms with Gasteiger partial charge in [-0.15, -0.1) is 0 Å². The van der Waals surface area contributed by atoms with Gasteiger partial charge >= 0.3 is 6.18 Å². The van der Waals surface area contributed by atoms with Crippen LogP contribution >= 0.6 is 0 Å². The zero-order valence-electron chi connectivity index (χ0n) is 10.7. The summed E-state index contributed by atoms with van der Waals surface area (Å²) in [5, 5.41) is 9.44. The molecule has 0 radical (unpaired) electrons. The molecule has 1 unspecified atom stereocenters. The molecule has 0 aliphatic carbocycles. The van der Waals surface area contributed by atoms with Gasteiger partial charge in [-0.3, -0.25) is 4.90 Å². The lowest BCUT2D eigenvalue weighted by molar-refractivity contribution is -0.137. The quantitative estimate of drug-likeness (QED) is 0.895. The third-order valence-electron chi connectivity index (χ3n) is 3.38. The molecule has 1 aliphatic heterocycles. The van der Waals surface area contributed by atoms with Gasteiger partial charge in [0.05, 0.1) is 5.56 Å². The van der Waals surface area contributed by atoms with Crippen LogP contribution in [0, 0.1) is 0 Å². The van der Waals surface area contributed by atoms with Crippen LogP contribution in [0.15, 0.2) is 24.3 Å². The Morgan fingerprint density at radius 1 is 1.16 bits per heavy atom. The Hall–Kier alpha value is -1.27. The number of halogens is 3. The summed E-state index contributed by atoms with van der Waals surface area (Å²) in [4.78, 5) is 3.80. The molecule has 106 valence electrons. The largest absolute Gasteiger partial charge is 0.416 e. The molecule has 0 spiro atoms. The number of rotatable bonds is 2. The van der Waals surface area contributed by atoms with E-state index in [1.165, 1.54) is 12.1 Å². The molecule has 1 saturated heterocycles. The normalized spacial score (nSPS) is 19.5. The van der Waals surface area contributed by atoms with Gasteiger partial charge in [0.15, 0.2) is 0 Å². The smallest absolute Gasteiger partial charge is 0.379 e. The summed E-state index contributed by atoms with van der Waals surface area (Å²) in [6.45, 7) is 4.22. The molecule has 1 aliphatic rings. The van der Waals surface area contributed by atoms with Gasteiger partial charge in [-0.2, -0.15) is 13.2 Å². The van der Waals surface area contributed by atoms with Crippen molar-refractivity contribution in [1.29, 1.82) is 0 Å². The van der Waals surface area contributed by atoms with Crippen molar-refractivity contribution in [2.24, 2.45) is 0 Å². The van der Waals surface area contributed by atoms with Crippen LogP contribution in [0.3, 0.4) is 0 Å². The average Bonchev–Trinajstić information content (AvgIpc) is 2.38. The lowest BCUT2D eigenvalue weighted by Gasteiger charge is -2.37. The Morgan fingerprint density at radius 2 is 1.79 bits per heavy atom. The molecular weight excluding hydrogens is 257 g/mol. The molecule has 0 amide bonds. The molecule has 0 aromatic heterocycles. The molecule has 1 atom stereocenters. The minimum absolute atomic E-state index is 0.511. The number of nitrogens with zero attached hydrogens (tertiary/aromatic N) is 2. The van der Waals surface area contributed by atoms with E-state index in [2.05, 4.69) is 0 Å². The van der Waals surface area contributed by atoms with E-state index in [1.54, 1.807) is 13.0 Å². The van der Waals surface area contributed by atoms with Crippen molar-refractivity contribution >= 4 is 5.69 Å². The molecule has 1 N–H and O–H groups in total. The van der Waals surface area contributed by atoms with E-state index < -0.39 is 18.0 Å². The maximum Gasteiger partial charge on any atom is 0.416 e. The third kappa shape index (κ3) is 3.39. The molecular formula is C13H17F3N2O. The lowest BCUT2D eigenvalue weighted by Crippen LogP contribution is -2.49. The number of aliphatic hydroxyl groups excluding tert-OH is 1. The van der Waals surface area contributed by atoms with Crippen LogP contribution in [0.4, 0.5) is 18.9 Å². The number of anilines is 1. The highest BCUT2D eigenvalue weighted by Gasteiger charge is 2.31. The maximum atomic E-state index is 12.6.